The van der Waals surface area contributed by atoms with Gasteiger partial charge in [0.25, 0.3) is 0 Å². The number of hydrogen-bond acceptors (Lipinski definition) is 2. The van der Waals surface area contributed by atoms with Gasteiger partial charge in [-0.3, -0.25) is 0 Å². The predicted octanol–water partition coefficient (Wildman–Crippen LogP) is 4.39. The molecule has 3 heteroatoms. The quantitative estimate of drug-likeness (QED) is 0.458. The molecule has 0 rings (SSSR count). The molecule has 0 heterocycles. The van der Waals surface area contributed by atoms with Crippen molar-refractivity contribution in [2.75, 3.05) is 13.9 Å². The number of rotatable bonds is 9. The summed E-state index contributed by atoms with van der Waals surface area (Å²) in [6.07, 6.45) is 6.08. The molecule has 0 unspecified atom stereocenters. The predicted molar refractivity (Wildman–Crippen MR) is 77.8 cm³/mol. The van der Waals surface area contributed by atoms with Gasteiger partial charge in [-0.1, -0.05) is 62.3 Å². The first-order valence-corrected chi connectivity index (χ1v) is 7.29. The van der Waals surface area contributed by atoms with E-state index in [9.17, 15) is 0 Å². The molecule has 0 fully saturated rings. The van der Waals surface area contributed by atoms with Crippen LogP contribution in [0.2, 0.25) is 0 Å². The molecule has 0 aromatic rings. The van der Waals surface area contributed by atoms with Crippen molar-refractivity contribution in [3.05, 3.63) is 10.2 Å². The second kappa shape index (κ2) is 10.5. The number of methoxy groups -OCH3 is 1. The SMILES string of the molecule is CCCC[C@H](OCOC)[C@@H](/C=C\I)C(C)C. The minimum atomic E-state index is 0.283. The Kier molecular flexibility index (Phi) is 10.8. The zero-order valence-electron chi connectivity index (χ0n) is 10.9. The molecule has 0 saturated carbocycles. The van der Waals surface area contributed by atoms with E-state index in [2.05, 4.69) is 53.5 Å². The molecule has 0 bridgehead atoms. The Morgan fingerprint density at radius 3 is 2.44 bits per heavy atom. The molecule has 0 aromatic heterocycles. The van der Waals surface area contributed by atoms with E-state index in [1.165, 1.54) is 12.8 Å². The summed E-state index contributed by atoms with van der Waals surface area (Å²) in [5, 5.41) is 0. The highest BCUT2D eigenvalue weighted by Crippen LogP contribution is 2.24. The molecule has 0 amide bonds. The van der Waals surface area contributed by atoms with Gasteiger partial charge in [-0.15, -0.1) is 0 Å². The van der Waals surface area contributed by atoms with Crippen LogP contribution < -0.4 is 0 Å². The van der Waals surface area contributed by atoms with Crippen molar-refractivity contribution in [3.8, 4) is 0 Å². The molecule has 2 nitrogen and oxygen atoms in total. The number of hydrogen-bond donors (Lipinski definition) is 0. The van der Waals surface area contributed by atoms with Crippen molar-refractivity contribution in [2.45, 2.75) is 46.1 Å². The lowest BCUT2D eigenvalue weighted by atomic mass is 9.88. The third kappa shape index (κ3) is 6.86. The Morgan fingerprint density at radius 2 is 2.00 bits per heavy atom. The maximum Gasteiger partial charge on any atom is 0.146 e. The molecule has 0 aromatic carbocycles. The summed E-state index contributed by atoms with van der Waals surface area (Å²) >= 11 is 2.28. The summed E-state index contributed by atoms with van der Waals surface area (Å²) in [5.74, 6) is 1.09. The average Bonchev–Trinajstić information content (AvgIpc) is 2.26. The molecule has 0 N–H and O–H groups in total. The lowest BCUT2D eigenvalue weighted by Crippen LogP contribution is -2.27. The molecule has 0 aliphatic carbocycles. The molecule has 0 aliphatic rings. The van der Waals surface area contributed by atoms with Crippen molar-refractivity contribution < 1.29 is 9.47 Å². The van der Waals surface area contributed by atoms with E-state index in [-0.39, 0.29) is 6.10 Å². The van der Waals surface area contributed by atoms with Crippen LogP contribution in [0.1, 0.15) is 40.0 Å². The lowest BCUT2D eigenvalue weighted by molar-refractivity contribution is -0.0932. The zero-order valence-corrected chi connectivity index (χ0v) is 13.1. The van der Waals surface area contributed by atoms with Gasteiger partial charge in [-0.2, -0.15) is 0 Å². The Bertz CT molecular complexity index is 173. The Morgan fingerprint density at radius 1 is 1.31 bits per heavy atom. The van der Waals surface area contributed by atoms with Gasteiger partial charge in [0.05, 0.1) is 6.10 Å². The monoisotopic (exact) mass is 340 g/mol. The summed E-state index contributed by atoms with van der Waals surface area (Å²) in [6, 6.07) is 0. The zero-order chi connectivity index (χ0) is 12.4. The minimum Gasteiger partial charge on any atom is -0.359 e. The fraction of sp³-hybridized carbons (Fsp3) is 0.846. The van der Waals surface area contributed by atoms with Crippen LogP contribution in [-0.4, -0.2) is 20.0 Å². The number of ether oxygens (including phenoxy) is 2. The molecule has 0 aliphatic heterocycles. The van der Waals surface area contributed by atoms with Crippen molar-refractivity contribution >= 4 is 22.6 Å². The first-order chi connectivity index (χ1) is 7.67. The summed E-state index contributed by atoms with van der Waals surface area (Å²) < 4.78 is 12.9. The van der Waals surface area contributed by atoms with Crippen molar-refractivity contribution in [1.29, 1.82) is 0 Å². The Balaban J connectivity index is 4.39. The summed E-state index contributed by atoms with van der Waals surface area (Å²) in [6.45, 7) is 7.10. The molecule has 2 atom stereocenters. The number of unbranched alkanes of at least 4 members (excludes halogenated alkanes) is 1. The third-order valence-corrected chi connectivity index (χ3v) is 3.15. The molecule has 0 radical (unpaired) electrons. The Labute approximate surface area is 114 Å². The van der Waals surface area contributed by atoms with Crippen molar-refractivity contribution in [3.63, 3.8) is 0 Å². The van der Waals surface area contributed by atoms with Crippen molar-refractivity contribution in [1.82, 2.24) is 0 Å². The minimum absolute atomic E-state index is 0.283. The summed E-state index contributed by atoms with van der Waals surface area (Å²) in [5.41, 5.74) is 0. The van der Waals surface area contributed by atoms with Crippen molar-refractivity contribution in [2.24, 2.45) is 11.8 Å². The molecule has 0 spiro atoms. The van der Waals surface area contributed by atoms with Crippen LogP contribution in [0.25, 0.3) is 0 Å². The van der Waals surface area contributed by atoms with E-state index >= 15 is 0 Å². The molecule has 96 valence electrons. The van der Waals surface area contributed by atoms with E-state index in [0.29, 0.717) is 18.6 Å². The highest BCUT2D eigenvalue weighted by Gasteiger charge is 2.22. The van der Waals surface area contributed by atoms with Crippen LogP contribution >= 0.6 is 22.6 Å². The normalized spacial score (nSPS) is 15.9. The van der Waals surface area contributed by atoms with Crippen LogP contribution in [0.5, 0.6) is 0 Å². The fourth-order valence-corrected chi connectivity index (χ4v) is 2.29. The second-order valence-electron chi connectivity index (χ2n) is 4.39. The van der Waals surface area contributed by atoms with E-state index < -0.39 is 0 Å². The van der Waals surface area contributed by atoms with Crippen LogP contribution in [-0.2, 0) is 9.47 Å². The van der Waals surface area contributed by atoms with Crippen LogP contribution in [0.15, 0.2) is 10.2 Å². The lowest BCUT2D eigenvalue weighted by Gasteiger charge is -2.27. The van der Waals surface area contributed by atoms with E-state index in [4.69, 9.17) is 9.47 Å². The van der Waals surface area contributed by atoms with Gasteiger partial charge < -0.3 is 9.47 Å². The third-order valence-electron chi connectivity index (χ3n) is 2.74. The van der Waals surface area contributed by atoms with Crippen LogP contribution in [0, 0.1) is 11.8 Å². The van der Waals surface area contributed by atoms with Crippen LogP contribution in [0.4, 0.5) is 0 Å². The first kappa shape index (κ1) is 16.4. The Hall–Kier alpha value is 0.390. The molecular weight excluding hydrogens is 315 g/mol. The van der Waals surface area contributed by atoms with E-state index in [0.717, 1.165) is 6.42 Å². The topological polar surface area (TPSA) is 18.5 Å². The van der Waals surface area contributed by atoms with E-state index in [1.807, 2.05) is 0 Å². The average molecular weight is 340 g/mol. The fourth-order valence-electron chi connectivity index (χ4n) is 1.81. The largest absolute Gasteiger partial charge is 0.359 e. The molecule has 0 saturated heterocycles. The second-order valence-corrected chi connectivity index (χ2v) is 5.11. The van der Waals surface area contributed by atoms with Gasteiger partial charge in [0.1, 0.15) is 6.79 Å². The maximum atomic E-state index is 5.79. The van der Waals surface area contributed by atoms with Gasteiger partial charge in [-0.05, 0) is 16.4 Å². The number of halogens is 1. The first-order valence-electron chi connectivity index (χ1n) is 6.04. The highest BCUT2D eigenvalue weighted by atomic mass is 127. The highest BCUT2D eigenvalue weighted by molar-refractivity contribution is 14.1. The summed E-state index contributed by atoms with van der Waals surface area (Å²) in [7, 11) is 1.68. The van der Waals surface area contributed by atoms with Gasteiger partial charge in [0, 0.05) is 13.0 Å². The van der Waals surface area contributed by atoms with Gasteiger partial charge in [0.2, 0.25) is 0 Å². The van der Waals surface area contributed by atoms with E-state index in [1.54, 1.807) is 7.11 Å². The molecular formula is C13H25IO2. The van der Waals surface area contributed by atoms with Gasteiger partial charge in [0.15, 0.2) is 0 Å². The van der Waals surface area contributed by atoms with Gasteiger partial charge in [-0.25, -0.2) is 0 Å². The summed E-state index contributed by atoms with van der Waals surface area (Å²) in [4.78, 5) is 0. The standard InChI is InChI=1S/C13H25IO2/c1-5-6-7-13(16-10-15-4)12(8-9-14)11(2)3/h8-9,11-13H,5-7,10H2,1-4H3/b9-8-/t12-,13-/m0/s1. The van der Waals surface area contributed by atoms with Gasteiger partial charge >= 0.3 is 0 Å². The molecule has 16 heavy (non-hydrogen) atoms. The smallest absolute Gasteiger partial charge is 0.146 e. The maximum absolute atomic E-state index is 5.79. The van der Waals surface area contributed by atoms with Crippen LogP contribution in [0.3, 0.4) is 0 Å².